The van der Waals surface area contributed by atoms with Crippen LogP contribution in [0, 0.1) is 23.6 Å². The molecule has 3 aliphatic heterocycles. The third-order valence-electron chi connectivity index (χ3n) is 12.0. The van der Waals surface area contributed by atoms with Gasteiger partial charge in [0, 0.05) is 75.3 Å². The van der Waals surface area contributed by atoms with Crippen LogP contribution in [0.3, 0.4) is 0 Å². The van der Waals surface area contributed by atoms with E-state index < -0.39 is 17.5 Å². The van der Waals surface area contributed by atoms with Gasteiger partial charge in [-0.3, -0.25) is 14.5 Å². The van der Waals surface area contributed by atoms with E-state index in [1.54, 1.807) is 18.1 Å². The lowest BCUT2D eigenvalue weighted by Crippen LogP contribution is -2.50. The van der Waals surface area contributed by atoms with Crippen molar-refractivity contribution in [3.8, 4) is 5.75 Å². The molecule has 0 radical (unpaired) electrons. The Balaban J connectivity index is 1.24. The third-order valence-corrected chi connectivity index (χ3v) is 12.0. The number of halogens is 2. The summed E-state index contributed by atoms with van der Waals surface area (Å²) in [7, 11) is 1.62. The summed E-state index contributed by atoms with van der Waals surface area (Å²) >= 11 is 0. The van der Waals surface area contributed by atoms with Crippen LogP contribution in [-0.2, 0) is 9.59 Å². The van der Waals surface area contributed by atoms with Crippen LogP contribution < -0.4 is 15.0 Å². The zero-order valence-electron chi connectivity index (χ0n) is 29.2. The molecule has 48 heavy (non-hydrogen) atoms. The minimum absolute atomic E-state index is 0.0314. The van der Waals surface area contributed by atoms with E-state index in [-0.39, 0.29) is 36.0 Å². The number of benzene rings is 2. The number of hydrogen-bond acceptors (Lipinski definition) is 5. The lowest BCUT2D eigenvalue weighted by atomic mass is 9.85. The molecule has 9 heteroatoms. The molecule has 0 spiro atoms. The molecule has 2 aromatic carbocycles. The topological polar surface area (TPSA) is 65.1 Å². The maximum Gasteiger partial charge on any atom is 0.262 e. The molecule has 4 fully saturated rings. The molecule has 2 amide bonds. The molecule has 1 saturated carbocycles. The summed E-state index contributed by atoms with van der Waals surface area (Å²) in [5.74, 6) is 0.266. The molecular weight excluding hydrogens is 610 g/mol. The monoisotopic (exact) mass is 664 g/mol. The molecule has 2 aromatic rings. The molecule has 6 rings (SSSR count). The van der Waals surface area contributed by atoms with Crippen molar-refractivity contribution in [2.24, 2.45) is 17.8 Å². The Morgan fingerprint density at radius 1 is 0.958 bits per heavy atom. The fraction of sp³-hybridized carbons (Fsp3) is 0.641. The Morgan fingerprint density at radius 3 is 2.31 bits per heavy atom. The van der Waals surface area contributed by atoms with E-state index in [1.165, 1.54) is 6.07 Å². The van der Waals surface area contributed by atoms with Crippen LogP contribution >= 0.6 is 0 Å². The molecule has 0 unspecified atom stereocenters. The van der Waals surface area contributed by atoms with E-state index in [9.17, 15) is 14.0 Å². The van der Waals surface area contributed by atoms with Gasteiger partial charge in [0.1, 0.15) is 11.6 Å². The number of nitrogens with zero attached hydrogens (tertiary/aromatic N) is 3. The van der Waals surface area contributed by atoms with Crippen molar-refractivity contribution in [2.45, 2.75) is 89.3 Å². The first kappa shape index (κ1) is 34.7. The number of piperidine rings is 1. The van der Waals surface area contributed by atoms with Crippen molar-refractivity contribution in [1.29, 1.82) is 0 Å². The van der Waals surface area contributed by atoms with Gasteiger partial charge in [-0.2, -0.15) is 0 Å². The highest BCUT2D eigenvalue weighted by Crippen LogP contribution is 2.47. The highest BCUT2D eigenvalue weighted by atomic mass is 19.1. The molecule has 0 aromatic heterocycles. The number of anilines is 1. The predicted octanol–water partition coefficient (Wildman–Crippen LogP) is 6.53. The van der Waals surface area contributed by atoms with Crippen molar-refractivity contribution in [3.05, 3.63) is 59.4 Å². The second kappa shape index (κ2) is 14.7. The number of alkyl halides is 1. The summed E-state index contributed by atoms with van der Waals surface area (Å²) in [6.07, 6.45) is 6.60. The first-order valence-electron chi connectivity index (χ1n) is 18.3. The minimum atomic E-state index is -2.04. The van der Waals surface area contributed by atoms with Gasteiger partial charge in [0.15, 0.2) is 0 Å². The van der Waals surface area contributed by atoms with E-state index in [1.807, 2.05) is 37.3 Å². The smallest absolute Gasteiger partial charge is 0.262 e. The quantitative estimate of drug-likeness (QED) is 0.331. The molecule has 1 aliphatic carbocycles. The number of amides is 2. The van der Waals surface area contributed by atoms with Gasteiger partial charge in [-0.1, -0.05) is 38.5 Å². The predicted molar refractivity (Wildman–Crippen MR) is 186 cm³/mol. The van der Waals surface area contributed by atoms with Crippen molar-refractivity contribution in [1.82, 2.24) is 15.1 Å². The van der Waals surface area contributed by atoms with Crippen LogP contribution in [0.4, 0.5) is 14.5 Å². The van der Waals surface area contributed by atoms with Gasteiger partial charge in [-0.05, 0) is 92.7 Å². The van der Waals surface area contributed by atoms with Gasteiger partial charge in [-0.15, -0.1) is 0 Å². The Kier molecular flexibility index (Phi) is 10.6. The van der Waals surface area contributed by atoms with Gasteiger partial charge >= 0.3 is 0 Å². The van der Waals surface area contributed by atoms with Crippen molar-refractivity contribution >= 4 is 17.5 Å². The van der Waals surface area contributed by atoms with Gasteiger partial charge in [0.05, 0.1) is 7.11 Å². The summed E-state index contributed by atoms with van der Waals surface area (Å²) in [6, 6.07) is 12.8. The standard InChI is InChI=1S/C39H54F2N4O3/c1-5-27-22-44(23-34(27)33-16-11-30(40)21-36(33)43-19-17-29(18-20-43)37(46)42-6-2)38(47)39(41)25-45(31-12-7-26(3)8-13-31)24-35(39)28-9-14-32(48-4)15-10-28/h9-11,14-16,21,26-27,29,31,34-35H,5-8,12-13,17-20,22-25H2,1-4H3,(H,42,46)/t26?,27-,31?,34-,35-,39-/m0/s1. The lowest BCUT2D eigenvalue weighted by molar-refractivity contribution is -0.143. The Bertz CT molecular complexity index is 1420. The van der Waals surface area contributed by atoms with E-state index >= 15 is 4.39 Å². The average molecular weight is 665 g/mol. The SMILES string of the molecule is CCNC(=O)C1CCN(c2cc(F)ccc2[C@H]2CN(C(=O)[C@]3(F)CN(C4CCC(C)CC4)C[C@H]3c3ccc(OC)cc3)C[C@@H]2CC)CC1. The maximum atomic E-state index is 17.8. The van der Waals surface area contributed by atoms with Crippen LogP contribution in [0.2, 0.25) is 0 Å². The zero-order chi connectivity index (χ0) is 34.0. The number of ether oxygens (including phenoxy) is 1. The summed E-state index contributed by atoms with van der Waals surface area (Å²) in [5, 5.41) is 2.94. The van der Waals surface area contributed by atoms with Crippen LogP contribution in [0.1, 0.15) is 88.7 Å². The summed E-state index contributed by atoms with van der Waals surface area (Å²) in [6.45, 7) is 9.81. The van der Waals surface area contributed by atoms with Crippen LogP contribution in [0.25, 0.3) is 0 Å². The van der Waals surface area contributed by atoms with Crippen molar-refractivity contribution < 1.29 is 23.1 Å². The molecule has 4 atom stereocenters. The van der Waals surface area contributed by atoms with Crippen molar-refractivity contribution in [3.63, 3.8) is 0 Å². The van der Waals surface area contributed by atoms with Crippen molar-refractivity contribution in [2.75, 3.05) is 57.8 Å². The largest absolute Gasteiger partial charge is 0.497 e. The van der Waals surface area contributed by atoms with E-state index in [2.05, 4.69) is 29.0 Å². The lowest BCUT2D eigenvalue weighted by Gasteiger charge is -2.35. The highest BCUT2D eigenvalue weighted by Gasteiger charge is 2.57. The molecule has 3 heterocycles. The molecule has 1 N–H and O–H groups in total. The first-order valence-corrected chi connectivity index (χ1v) is 18.3. The number of rotatable bonds is 9. The molecule has 0 bridgehead atoms. The molecule has 4 aliphatic rings. The van der Waals surface area contributed by atoms with Crippen LogP contribution in [-0.4, -0.2) is 86.2 Å². The van der Waals surface area contributed by atoms with Gasteiger partial charge in [0.2, 0.25) is 11.6 Å². The second-order valence-electron chi connectivity index (χ2n) is 14.9. The maximum absolute atomic E-state index is 17.8. The number of carbonyl (C=O) groups excluding carboxylic acids is 2. The van der Waals surface area contributed by atoms with Gasteiger partial charge in [-0.25, -0.2) is 8.78 Å². The summed E-state index contributed by atoms with van der Waals surface area (Å²) in [4.78, 5) is 33.3. The number of carbonyl (C=O) groups is 2. The molecule has 3 saturated heterocycles. The number of hydrogen-bond donors (Lipinski definition) is 1. The molecule has 7 nitrogen and oxygen atoms in total. The normalized spacial score (nSPS) is 30.1. The van der Waals surface area contributed by atoms with E-state index in [0.29, 0.717) is 69.8 Å². The summed E-state index contributed by atoms with van der Waals surface area (Å²) < 4.78 is 37.9. The third kappa shape index (κ3) is 6.94. The second-order valence-corrected chi connectivity index (χ2v) is 14.9. The number of methoxy groups -OCH3 is 1. The average Bonchev–Trinajstić information content (AvgIpc) is 3.70. The van der Waals surface area contributed by atoms with Gasteiger partial charge < -0.3 is 19.9 Å². The molecule has 262 valence electrons. The first-order chi connectivity index (χ1) is 23.1. The Hall–Kier alpha value is -3.20. The highest BCUT2D eigenvalue weighted by molar-refractivity contribution is 5.88. The van der Waals surface area contributed by atoms with Crippen LogP contribution in [0.15, 0.2) is 42.5 Å². The molecular formula is C39H54F2N4O3. The van der Waals surface area contributed by atoms with E-state index in [4.69, 9.17) is 4.74 Å². The fourth-order valence-electron chi connectivity index (χ4n) is 9.03. The van der Waals surface area contributed by atoms with Crippen LogP contribution in [0.5, 0.6) is 5.75 Å². The van der Waals surface area contributed by atoms with E-state index in [0.717, 1.165) is 48.9 Å². The zero-order valence-corrected chi connectivity index (χ0v) is 29.2. The Morgan fingerprint density at radius 2 is 1.67 bits per heavy atom. The Labute approximate surface area is 285 Å². The fourth-order valence-corrected chi connectivity index (χ4v) is 9.03. The number of nitrogens with one attached hydrogen (secondary N) is 1. The summed E-state index contributed by atoms with van der Waals surface area (Å²) in [5.41, 5.74) is 0.640. The minimum Gasteiger partial charge on any atom is -0.497 e. The van der Waals surface area contributed by atoms with Gasteiger partial charge in [0.25, 0.3) is 5.91 Å². The number of likely N-dealkylation sites (tertiary alicyclic amines) is 2.